The van der Waals surface area contributed by atoms with Crippen molar-refractivity contribution >= 4 is 0 Å². The molecule has 17 heavy (non-hydrogen) atoms. The molecular weight excluding hydrogens is 208 g/mol. The monoisotopic (exact) mass is 230 g/mol. The Hall–Kier alpha value is -0.820. The van der Waals surface area contributed by atoms with E-state index in [1.54, 1.807) is 0 Å². The molecule has 0 saturated heterocycles. The summed E-state index contributed by atoms with van der Waals surface area (Å²) >= 11 is 0. The molecule has 2 aliphatic carbocycles. The van der Waals surface area contributed by atoms with Gasteiger partial charge in [0.1, 0.15) is 0 Å². The van der Waals surface area contributed by atoms with Gasteiger partial charge in [-0.05, 0) is 49.1 Å². The van der Waals surface area contributed by atoms with E-state index in [-0.39, 0.29) is 5.41 Å². The van der Waals surface area contributed by atoms with Crippen molar-refractivity contribution in [2.75, 3.05) is 6.61 Å². The van der Waals surface area contributed by atoms with Gasteiger partial charge in [-0.3, -0.25) is 0 Å². The van der Waals surface area contributed by atoms with E-state index in [1.165, 1.54) is 56.1 Å². The van der Waals surface area contributed by atoms with Crippen molar-refractivity contribution in [3.63, 3.8) is 0 Å². The van der Waals surface area contributed by atoms with Gasteiger partial charge in [0.05, 0.1) is 6.61 Å². The third-order valence-corrected chi connectivity index (χ3v) is 5.04. The Bertz CT molecular complexity index is 392. The van der Waals surface area contributed by atoms with Gasteiger partial charge in [0.15, 0.2) is 0 Å². The lowest BCUT2D eigenvalue weighted by molar-refractivity contribution is 0.118. The molecule has 1 N–H and O–H groups in total. The van der Waals surface area contributed by atoms with E-state index < -0.39 is 0 Å². The van der Waals surface area contributed by atoms with Gasteiger partial charge >= 0.3 is 0 Å². The van der Waals surface area contributed by atoms with Crippen LogP contribution in [0.1, 0.15) is 49.7 Å². The second kappa shape index (κ2) is 4.45. The fourth-order valence-electron chi connectivity index (χ4n) is 4.15. The maximum absolute atomic E-state index is 10.0. The minimum atomic E-state index is 0.0886. The Morgan fingerprint density at radius 1 is 1.12 bits per heavy atom. The number of rotatable bonds is 2. The van der Waals surface area contributed by atoms with Crippen LogP contribution in [0, 0.1) is 5.92 Å². The van der Waals surface area contributed by atoms with E-state index in [1.807, 2.05) is 0 Å². The van der Waals surface area contributed by atoms with E-state index in [9.17, 15) is 5.11 Å². The lowest BCUT2D eigenvalue weighted by atomic mass is 9.63. The van der Waals surface area contributed by atoms with Crippen molar-refractivity contribution in [3.8, 4) is 0 Å². The van der Waals surface area contributed by atoms with E-state index >= 15 is 0 Å². The van der Waals surface area contributed by atoms with Gasteiger partial charge in [-0.25, -0.2) is 0 Å². The van der Waals surface area contributed by atoms with Gasteiger partial charge in [-0.15, -0.1) is 0 Å². The Morgan fingerprint density at radius 3 is 2.65 bits per heavy atom. The Kier molecular flexibility index (Phi) is 2.96. The van der Waals surface area contributed by atoms with Crippen molar-refractivity contribution in [1.29, 1.82) is 0 Å². The van der Waals surface area contributed by atoms with Gasteiger partial charge in [-0.2, -0.15) is 0 Å². The smallest absolute Gasteiger partial charge is 0.0530 e. The lowest BCUT2D eigenvalue weighted by Gasteiger charge is -2.42. The molecule has 1 aromatic rings. The van der Waals surface area contributed by atoms with E-state index in [4.69, 9.17) is 0 Å². The molecule has 1 atom stereocenters. The zero-order valence-electron chi connectivity index (χ0n) is 10.5. The molecule has 0 amide bonds. The molecule has 1 fully saturated rings. The first-order valence-electron chi connectivity index (χ1n) is 7.06. The summed E-state index contributed by atoms with van der Waals surface area (Å²) in [6.07, 6.45) is 8.97. The van der Waals surface area contributed by atoms with Gasteiger partial charge < -0.3 is 5.11 Å². The summed E-state index contributed by atoms with van der Waals surface area (Å²) in [7, 11) is 0. The molecule has 1 saturated carbocycles. The van der Waals surface area contributed by atoms with Crippen molar-refractivity contribution in [2.24, 2.45) is 5.92 Å². The molecule has 0 bridgehead atoms. The summed E-state index contributed by atoms with van der Waals surface area (Å²) in [5.41, 5.74) is 3.03. The van der Waals surface area contributed by atoms with Crippen LogP contribution in [-0.2, 0) is 11.8 Å². The average Bonchev–Trinajstić information content (AvgIpc) is 2.92. The standard InChI is InChI=1S/C16H22O/c17-12-16(14-8-2-3-9-14)11-5-7-13-6-1-4-10-15(13)16/h1,4,6,10,14,17H,2-3,5,7-9,11-12H2. The molecule has 1 aromatic carbocycles. The van der Waals surface area contributed by atoms with Crippen LogP contribution < -0.4 is 0 Å². The number of aliphatic hydroxyl groups is 1. The van der Waals surface area contributed by atoms with Crippen molar-refractivity contribution in [1.82, 2.24) is 0 Å². The fourth-order valence-corrected chi connectivity index (χ4v) is 4.15. The lowest BCUT2D eigenvalue weighted by Crippen LogP contribution is -2.41. The molecule has 92 valence electrons. The van der Waals surface area contributed by atoms with Crippen LogP contribution in [0.25, 0.3) is 0 Å². The number of hydrogen-bond donors (Lipinski definition) is 1. The normalized spacial score (nSPS) is 29.2. The minimum Gasteiger partial charge on any atom is -0.395 e. The summed E-state index contributed by atoms with van der Waals surface area (Å²) in [5, 5.41) is 10.0. The number of hydrogen-bond acceptors (Lipinski definition) is 1. The molecule has 0 aliphatic heterocycles. The molecule has 0 radical (unpaired) electrons. The van der Waals surface area contributed by atoms with Gasteiger partial charge in [-0.1, -0.05) is 37.1 Å². The third kappa shape index (κ3) is 1.72. The quantitative estimate of drug-likeness (QED) is 0.825. The van der Waals surface area contributed by atoms with Crippen LogP contribution in [0.15, 0.2) is 24.3 Å². The second-order valence-corrected chi connectivity index (χ2v) is 5.81. The highest BCUT2D eigenvalue weighted by molar-refractivity contribution is 5.38. The molecular formula is C16H22O. The molecule has 0 aromatic heterocycles. The molecule has 1 heteroatoms. The van der Waals surface area contributed by atoms with Crippen LogP contribution in [0.5, 0.6) is 0 Å². The van der Waals surface area contributed by atoms with Gasteiger partial charge in [0, 0.05) is 5.41 Å². The van der Waals surface area contributed by atoms with Crippen molar-refractivity contribution < 1.29 is 5.11 Å². The topological polar surface area (TPSA) is 20.2 Å². The minimum absolute atomic E-state index is 0.0886. The van der Waals surface area contributed by atoms with E-state index in [0.717, 1.165) is 0 Å². The number of fused-ring (bicyclic) bond motifs is 1. The molecule has 2 aliphatic rings. The molecule has 0 heterocycles. The van der Waals surface area contributed by atoms with Crippen LogP contribution in [0.2, 0.25) is 0 Å². The van der Waals surface area contributed by atoms with E-state index in [2.05, 4.69) is 24.3 Å². The van der Waals surface area contributed by atoms with Crippen molar-refractivity contribution in [3.05, 3.63) is 35.4 Å². The summed E-state index contributed by atoms with van der Waals surface area (Å²) in [6.45, 7) is 0.342. The average molecular weight is 230 g/mol. The highest BCUT2D eigenvalue weighted by Crippen LogP contribution is 2.48. The SMILES string of the molecule is OCC1(C2CCCC2)CCCc2ccccc21. The summed E-state index contributed by atoms with van der Waals surface area (Å²) in [6, 6.07) is 8.81. The number of aryl methyl sites for hydroxylation is 1. The molecule has 3 rings (SSSR count). The zero-order chi connectivity index (χ0) is 11.7. The highest BCUT2D eigenvalue weighted by Gasteiger charge is 2.43. The third-order valence-electron chi connectivity index (χ3n) is 5.04. The van der Waals surface area contributed by atoms with Crippen LogP contribution in [-0.4, -0.2) is 11.7 Å². The zero-order valence-corrected chi connectivity index (χ0v) is 10.5. The highest BCUT2D eigenvalue weighted by atomic mass is 16.3. The maximum Gasteiger partial charge on any atom is 0.0530 e. The Balaban J connectivity index is 2.05. The summed E-state index contributed by atoms with van der Waals surface area (Å²) in [4.78, 5) is 0. The van der Waals surface area contributed by atoms with Crippen molar-refractivity contribution in [2.45, 2.75) is 50.4 Å². The largest absolute Gasteiger partial charge is 0.395 e. The molecule has 0 spiro atoms. The van der Waals surface area contributed by atoms with Gasteiger partial charge in [0.2, 0.25) is 0 Å². The van der Waals surface area contributed by atoms with Crippen LogP contribution in [0.4, 0.5) is 0 Å². The maximum atomic E-state index is 10.0. The number of benzene rings is 1. The summed E-state index contributed by atoms with van der Waals surface area (Å²) in [5.74, 6) is 0.717. The fraction of sp³-hybridized carbons (Fsp3) is 0.625. The predicted molar refractivity (Wildman–Crippen MR) is 70.1 cm³/mol. The summed E-state index contributed by atoms with van der Waals surface area (Å²) < 4.78 is 0. The second-order valence-electron chi connectivity index (χ2n) is 5.81. The van der Waals surface area contributed by atoms with E-state index in [0.29, 0.717) is 12.5 Å². The first kappa shape index (κ1) is 11.3. The first-order valence-corrected chi connectivity index (χ1v) is 7.06. The Morgan fingerprint density at radius 2 is 1.88 bits per heavy atom. The Labute approximate surface area is 104 Å². The molecule has 1 nitrogen and oxygen atoms in total. The number of aliphatic hydroxyl groups excluding tert-OH is 1. The van der Waals surface area contributed by atoms with Crippen LogP contribution >= 0.6 is 0 Å². The first-order chi connectivity index (χ1) is 8.37. The van der Waals surface area contributed by atoms with Gasteiger partial charge in [0.25, 0.3) is 0 Å². The molecule has 1 unspecified atom stereocenters. The predicted octanol–water partition coefficient (Wildman–Crippen LogP) is 3.44. The van der Waals surface area contributed by atoms with Crippen LogP contribution in [0.3, 0.4) is 0 Å².